The first-order valence-corrected chi connectivity index (χ1v) is 12.8. The number of hydrogen-bond acceptors (Lipinski definition) is 5. The molecule has 1 heterocycles. The van der Waals surface area contributed by atoms with Crippen molar-refractivity contribution in [2.24, 2.45) is 0 Å². The van der Waals surface area contributed by atoms with E-state index in [2.05, 4.69) is 39.0 Å². The van der Waals surface area contributed by atoms with E-state index in [0.29, 0.717) is 29.1 Å². The van der Waals surface area contributed by atoms with Gasteiger partial charge in [-0.15, -0.1) is 15.0 Å². The van der Waals surface area contributed by atoms with Crippen LogP contribution < -0.4 is 15.4 Å². The minimum Gasteiger partial charge on any atom is -0.489 e. The molecule has 1 aromatic heterocycles. The lowest BCUT2D eigenvalue weighted by molar-refractivity contribution is 0.0977. The van der Waals surface area contributed by atoms with E-state index in [0.717, 1.165) is 27.5 Å². The number of amides is 1. The number of rotatable bonds is 6. The summed E-state index contributed by atoms with van der Waals surface area (Å²) in [5, 5.41) is 17.5. The van der Waals surface area contributed by atoms with Crippen molar-refractivity contribution < 1.29 is 9.53 Å². The van der Waals surface area contributed by atoms with Crippen molar-refractivity contribution >= 4 is 50.7 Å². The Labute approximate surface area is 230 Å². The first-order chi connectivity index (χ1) is 19.1. The van der Waals surface area contributed by atoms with Crippen LogP contribution in [-0.2, 0) is 6.61 Å². The Morgan fingerprint density at radius 3 is 2.46 bits per heavy atom. The fourth-order valence-electron chi connectivity index (χ4n) is 4.29. The van der Waals surface area contributed by atoms with Crippen LogP contribution in [0.15, 0.2) is 115 Å². The monoisotopic (exact) mass is 529 g/mol. The van der Waals surface area contributed by atoms with Crippen LogP contribution in [0.4, 0.5) is 5.69 Å². The number of anilines is 1. The zero-order chi connectivity index (χ0) is 26.6. The van der Waals surface area contributed by atoms with Gasteiger partial charge in [0.05, 0.1) is 5.69 Å². The summed E-state index contributed by atoms with van der Waals surface area (Å²) in [5.41, 5.74) is 4.53. The van der Waals surface area contributed by atoms with Crippen LogP contribution in [0.25, 0.3) is 27.5 Å². The van der Waals surface area contributed by atoms with Gasteiger partial charge in [-0.1, -0.05) is 72.8 Å². The van der Waals surface area contributed by atoms with Gasteiger partial charge in [-0.3, -0.25) is 10.1 Å². The van der Waals surface area contributed by atoms with Gasteiger partial charge in [0.15, 0.2) is 5.11 Å². The van der Waals surface area contributed by atoms with E-state index in [1.165, 1.54) is 0 Å². The normalized spacial score (nSPS) is 10.9. The SMILES string of the molecule is O=C(NC(=S)Nc1ccc2nn(-c3cccc4ccccc34)nc2c1)c1cccc(OCc2ccccc2)c1. The summed E-state index contributed by atoms with van der Waals surface area (Å²) in [5.74, 6) is 0.269. The number of carbonyl (C=O) groups excluding carboxylic acids is 1. The van der Waals surface area contributed by atoms with Gasteiger partial charge in [-0.2, -0.15) is 0 Å². The number of nitrogens with one attached hydrogen (secondary N) is 2. The largest absolute Gasteiger partial charge is 0.489 e. The predicted molar refractivity (Wildman–Crippen MR) is 157 cm³/mol. The number of carbonyl (C=O) groups is 1. The molecule has 0 bridgehead atoms. The molecule has 6 rings (SSSR count). The van der Waals surface area contributed by atoms with E-state index < -0.39 is 0 Å². The molecule has 0 aliphatic heterocycles. The van der Waals surface area contributed by atoms with Crippen molar-refractivity contribution in [1.29, 1.82) is 0 Å². The first-order valence-electron chi connectivity index (χ1n) is 12.4. The van der Waals surface area contributed by atoms with Gasteiger partial charge >= 0.3 is 0 Å². The second kappa shape index (κ2) is 10.7. The van der Waals surface area contributed by atoms with Crippen LogP contribution in [-0.4, -0.2) is 26.0 Å². The highest BCUT2D eigenvalue weighted by Gasteiger charge is 2.12. The molecule has 1 amide bonds. The van der Waals surface area contributed by atoms with Gasteiger partial charge in [-0.25, -0.2) is 0 Å². The van der Waals surface area contributed by atoms with Crippen molar-refractivity contribution in [1.82, 2.24) is 20.3 Å². The van der Waals surface area contributed by atoms with Crippen LogP contribution in [0.3, 0.4) is 0 Å². The Hall–Kier alpha value is -5.08. The number of ether oxygens (including phenoxy) is 1. The van der Waals surface area contributed by atoms with E-state index in [1.54, 1.807) is 23.0 Å². The van der Waals surface area contributed by atoms with Crippen LogP contribution in [0.1, 0.15) is 15.9 Å². The van der Waals surface area contributed by atoms with Crippen LogP contribution in [0, 0.1) is 0 Å². The van der Waals surface area contributed by atoms with Crippen molar-refractivity contribution in [2.75, 3.05) is 5.32 Å². The summed E-state index contributed by atoms with van der Waals surface area (Å²) in [7, 11) is 0. The Morgan fingerprint density at radius 1 is 0.795 bits per heavy atom. The Balaban J connectivity index is 1.13. The second-order valence-electron chi connectivity index (χ2n) is 8.90. The molecule has 5 aromatic carbocycles. The van der Waals surface area contributed by atoms with Crippen molar-refractivity contribution in [2.45, 2.75) is 6.61 Å². The second-order valence-corrected chi connectivity index (χ2v) is 9.31. The minimum absolute atomic E-state index is 0.177. The molecule has 190 valence electrons. The Bertz CT molecular complexity index is 1810. The van der Waals surface area contributed by atoms with Crippen molar-refractivity contribution in [3.05, 3.63) is 126 Å². The van der Waals surface area contributed by atoms with Crippen molar-refractivity contribution in [3.8, 4) is 11.4 Å². The molecule has 0 radical (unpaired) electrons. The van der Waals surface area contributed by atoms with E-state index in [4.69, 9.17) is 17.0 Å². The highest BCUT2D eigenvalue weighted by atomic mass is 32.1. The third-order valence-corrected chi connectivity index (χ3v) is 6.40. The quantitative estimate of drug-likeness (QED) is 0.247. The molecular formula is C31H23N5O2S. The topological polar surface area (TPSA) is 81.1 Å². The highest BCUT2D eigenvalue weighted by molar-refractivity contribution is 7.80. The number of nitrogens with zero attached hydrogens (tertiary/aromatic N) is 3. The number of aromatic nitrogens is 3. The zero-order valence-corrected chi connectivity index (χ0v) is 21.6. The van der Waals surface area contributed by atoms with Crippen LogP contribution in [0.5, 0.6) is 5.75 Å². The van der Waals surface area contributed by atoms with Gasteiger partial charge in [0.25, 0.3) is 5.91 Å². The van der Waals surface area contributed by atoms with E-state index in [1.807, 2.05) is 78.9 Å². The van der Waals surface area contributed by atoms with Gasteiger partial charge in [-0.05, 0) is 65.6 Å². The molecular weight excluding hydrogens is 506 g/mol. The molecule has 0 saturated carbocycles. The summed E-state index contributed by atoms with van der Waals surface area (Å²) in [4.78, 5) is 14.5. The van der Waals surface area contributed by atoms with Gasteiger partial charge in [0.2, 0.25) is 0 Å². The molecule has 6 aromatic rings. The molecule has 0 unspecified atom stereocenters. The number of hydrogen-bond donors (Lipinski definition) is 2. The molecule has 0 aliphatic carbocycles. The Kier molecular flexibility index (Phi) is 6.67. The van der Waals surface area contributed by atoms with Gasteiger partial charge < -0.3 is 10.1 Å². The molecule has 0 spiro atoms. The van der Waals surface area contributed by atoms with Gasteiger partial charge in [0.1, 0.15) is 23.4 Å². The molecule has 2 N–H and O–H groups in total. The van der Waals surface area contributed by atoms with E-state index in [-0.39, 0.29) is 11.0 Å². The molecule has 7 nitrogen and oxygen atoms in total. The highest BCUT2D eigenvalue weighted by Crippen LogP contribution is 2.23. The molecule has 39 heavy (non-hydrogen) atoms. The molecule has 0 aliphatic rings. The average molecular weight is 530 g/mol. The lowest BCUT2D eigenvalue weighted by atomic mass is 10.1. The molecule has 0 saturated heterocycles. The standard InChI is InChI=1S/C31H23N5O2S/c37-30(23-12-6-13-25(18-23)38-20-21-8-2-1-3-9-21)33-31(39)32-24-16-17-27-28(19-24)35-36(34-27)29-15-7-11-22-10-4-5-14-26(22)29/h1-19H,20H2,(H2,32,33,37,39). The van der Waals surface area contributed by atoms with E-state index >= 15 is 0 Å². The molecule has 8 heteroatoms. The predicted octanol–water partition coefficient (Wildman–Crippen LogP) is 6.28. The molecule has 0 atom stereocenters. The average Bonchev–Trinajstić information content (AvgIpc) is 3.40. The zero-order valence-electron chi connectivity index (χ0n) is 20.7. The summed E-state index contributed by atoms with van der Waals surface area (Å²) >= 11 is 5.40. The maximum atomic E-state index is 12.8. The first kappa shape index (κ1) is 24.3. The smallest absolute Gasteiger partial charge is 0.257 e. The fourth-order valence-corrected chi connectivity index (χ4v) is 4.50. The lowest BCUT2D eigenvalue weighted by Gasteiger charge is -2.11. The minimum atomic E-state index is -0.333. The number of benzene rings is 5. The maximum absolute atomic E-state index is 12.8. The van der Waals surface area contributed by atoms with Gasteiger partial charge in [0, 0.05) is 16.6 Å². The summed E-state index contributed by atoms with van der Waals surface area (Å²) in [6.45, 7) is 0.416. The number of thiocarbonyl (C=S) groups is 1. The third kappa shape index (κ3) is 5.46. The van der Waals surface area contributed by atoms with Crippen LogP contribution >= 0.6 is 12.2 Å². The van der Waals surface area contributed by atoms with Crippen molar-refractivity contribution in [3.63, 3.8) is 0 Å². The Morgan fingerprint density at radius 2 is 1.56 bits per heavy atom. The third-order valence-electron chi connectivity index (χ3n) is 6.19. The van der Waals surface area contributed by atoms with Crippen LogP contribution in [0.2, 0.25) is 0 Å². The molecule has 0 fully saturated rings. The van der Waals surface area contributed by atoms with E-state index in [9.17, 15) is 4.79 Å². The summed E-state index contributed by atoms with van der Waals surface area (Å²) in [6.07, 6.45) is 0. The number of fused-ring (bicyclic) bond motifs is 2. The maximum Gasteiger partial charge on any atom is 0.257 e. The lowest BCUT2D eigenvalue weighted by Crippen LogP contribution is -2.34. The summed E-state index contributed by atoms with van der Waals surface area (Å²) < 4.78 is 5.84. The summed E-state index contributed by atoms with van der Waals surface area (Å²) in [6, 6.07) is 36.6. The fraction of sp³-hybridized carbons (Fsp3) is 0.0323.